The molecule has 1 amide bonds. The SMILES string of the molecule is C[C@@H]1[C@@H](C(=O)O)CCCN1C(=O)C1(c2ccc(Cl)cc2)CCC1. The zero-order valence-corrected chi connectivity index (χ0v) is 14.1. The summed E-state index contributed by atoms with van der Waals surface area (Å²) in [4.78, 5) is 26.5. The van der Waals surface area contributed by atoms with Gasteiger partial charge in [-0.2, -0.15) is 0 Å². The van der Waals surface area contributed by atoms with Crippen molar-refractivity contribution in [2.45, 2.75) is 50.5 Å². The predicted molar refractivity (Wildman–Crippen MR) is 88.5 cm³/mol. The second kappa shape index (κ2) is 6.16. The summed E-state index contributed by atoms with van der Waals surface area (Å²) >= 11 is 5.97. The van der Waals surface area contributed by atoms with Crippen molar-refractivity contribution in [1.29, 1.82) is 0 Å². The number of nitrogens with zero attached hydrogens (tertiary/aromatic N) is 1. The smallest absolute Gasteiger partial charge is 0.308 e. The summed E-state index contributed by atoms with van der Waals surface area (Å²) in [6, 6.07) is 7.26. The molecule has 0 unspecified atom stereocenters. The van der Waals surface area contributed by atoms with Crippen LogP contribution in [0.25, 0.3) is 0 Å². The summed E-state index contributed by atoms with van der Waals surface area (Å²) in [5.41, 5.74) is 0.516. The van der Waals surface area contributed by atoms with Crippen LogP contribution < -0.4 is 0 Å². The van der Waals surface area contributed by atoms with Crippen molar-refractivity contribution in [3.8, 4) is 0 Å². The van der Waals surface area contributed by atoms with Crippen LogP contribution in [0.3, 0.4) is 0 Å². The third-order valence-corrected chi connectivity index (χ3v) is 5.83. The van der Waals surface area contributed by atoms with Crippen LogP contribution in [0.15, 0.2) is 24.3 Å². The lowest BCUT2D eigenvalue weighted by atomic mass is 9.63. The molecule has 1 aliphatic heterocycles. The van der Waals surface area contributed by atoms with Crippen molar-refractivity contribution < 1.29 is 14.7 Å². The van der Waals surface area contributed by atoms with Crippen LogP contribution >= 0.6 is 11.6 Å². The molecule has 1 aliphatic carbocycles. The lowest BCUT2D eigenvalue weighted by Crippen LogP contribution is -2.57. The maximum atomic E-state index is 13.3. The highest BCUT2D eigenvalue weighted by Gasteiger charge is 2.50. The van der Waals surface area contributed by atoms with E-state index in [0.717, 1.165) is 31.2 Å². The molecule has 1 N–H and O–H groups in total. The monoisotopic (exact) mass is 335 g/mol. The molecule has 2 fully saturated rings. The Balaban J connectivity index is 1.88. The summed E-state index contributed by atoms with van der Waals surface area (Å²) < 4.78 is 0. The molecule has 3 rings (SSSR count). The third kappa shape index (κ3) is 2.74. The van der Waals surface area contributed by atoms with Crippen LogP contribution in [0, 0.1) is 5.92 Å². The summed E-state index contributed by atoms with van der Waals surface area (Å²) in [5, 5.41) is 10.0. The number of rotatable bonds is 3. The Kier molecular flexibility index (Phi) is 4.37. The van der Waals surface area contributed by atoms with Crippen molar-refractivity contribution in [2.75, 3.05) is 6.54 Å². The number of benzene rings is 1. The van der Waals surface area contributed by atoms with Gasteiger partial charge in [0.25, 0.3) is 0 Å². The number of likely N-dealkylation sites (tertiary alicyclic amines) is 1. The molecule has 4 nitrogen and oxygen atoms in total. The number of carboxylic acids is 1. The first-order valence-electron chi connectivity index (χ1n) is 8.25. The van der Waals surface area contributed by atoms with Crippen molar-refractivity contribution in [1.82, 2.24) is 4.90 Å². The van der Waals surface area contributed by atoms with Crippen LogP contribution in [0.1, 0.15) is 44.6 Å². The van der Waals surface area contributed by atoms with E-state index in [4.69, 9.17) is 11.6 Å². The van der Waals surface area contributed by atoms with Crippen LogP contribution in [-0.4, -0.2) is 34.5 Å². The minimum Gasteiger partial charge on any atom is -0.481 e. The van der Waals surface area contributed by atoms with Gasteiger partial charge >= 0.3 is 5.97 Å². The Labute approximate surface area is 141 Å². The van der Waals surface area contributed by atoms with Gasteiger partial charge in [0.1, 0.15) is 0 Å². The number of hydrogen-bond acceptors (Lipinski definition) is 2. The van der Waals surface area contributed by atoms with E-state index in [2.05, 4.69) is 0 Å². The molecule has 2 atom stereocenters. The zero-order chi connectivity index (χ0) is 16.6. The fraction of sp³-hybridized carbons (Fsp3) is 0.556. The maximum Gasteiger partial charge on any atom is 0.308 e. The Hall–Kier alpha value is -1.55. The van der Waals surface area contributed by atoms with E-state index in [1.165, 1.54) is 0 Å². The number of piperidine rings is 1. The number of carbonyl (C=O) groups excluding carboxylic acids is 1. The molecule has 23 heavy (non-hydrogen) atoms. The molecule has 2 aliphatic rings. The normalized spacial score (nSPS) is 26.4. The highest BCUT2D eigenvalue weighted by Crippen LogP contribution is 2.46. The summed E-state index contributed by atoms with van der Waals surface area (Å²) in [5.74, 6) is -1.18. The molecule has 1 saturated heterocycles. The maximum absolute atomic E-state index is 13.3. The van der Waals surface area contributed by atoms with Crippen LogP contribution in [0.2, 0.25) is 5.02 Å². The fourth-order valence-electron chi connectivity index (χ4n) is 3.96. The van der Waals surface area contributed by atoms with E-state index in [1.807, 2.05) is 31.2 Å². The Morgan fingerprint density at radius 3 is 2.39 bits per heavy atom. The molecule has 1 aromatic rings. The number of hydrogen-bond donors (Lipinski definition) is 1. The molecule has 124 valence electrons. The molecule has 1 saturated carbocycles. The molecule has 0 aromatic heterocycles. The van der Waals surface area contributed by atoms with E-state index >= 15 is 0 Å². The minimum atomic E-state index is -0.802. The summed E-state index contributed by atoms with van der Waals surface area (Å²) in [6.07, 6.45) is 4.08. The van der Waals surface area contributed by atoms with Gasteiger partial charge in [-0.3, -0.25) is 9.59 Å². The van der Waals surface area contributed by atoms with Crippen LogP contribution in [0.5, 0.6) is 0 Å². The van der Waals surface area contributed by atoms with E-state index in [-0.39, 0.29) is 11.9 Å². The van der Waals surface area contributed by atoms with Gasteiger partial charge in [0, 0.05) is 17.6 Å². The topological polar surface area (TPSA) is 57.6 Å². The standard InChI is InChI=1S/C18H22ClNO3/c1-12-15(16(21)22)4-2-11-20(12)17(23)18(9-3-10-18)13-5-7-14(19)8-6-13/h5-8,12,15H,2-4,9-11H2,1H3,(H,21,22)/t12-,15+/m1/s1. The number of carbonyl (C=O) groups is 2. The van der Waals surface area contributed by atoms with Gasteiger partial charge in [-0.15, -0.1) is 0 Å². The number of halogens is 1. The molecule has 1 aromatic carbocycles. The summed E-state index contributed by atoms with van der Waals surface area (Å²) in [6.45, 7) is 2.52. The van der Waals surface area contributed by atoms with Crippen molar-refractivity contribution in [3.05, 3.63) is 34.9 Å². The highest BCUT2D eigenvalue weighted by molar-refractivity contribution is 6.30. The van der Waals surface area contributed by atoms with Crippen LogP contribution in [-0.2, 0) is 15.0 Å². The van der Waals surface area contributed by atoms with Gasteiger partial charge in [0.15, 0.2) is 0 Å². The summed E-state index contributed by atoms with van der Waals surface area (Å²) in [7, 11) is 0. The minimum absolute atomic E-state index is 0.0875. The second-order valence-electron chi connectivity index (χ2n) is 6.77. The molecular formula is C18H22ClNO3. The van der Waals surface area contributed by atoms with Crippen molar-refractivity contribution >= 4 is 23.5 Å². The van der Waals surface area contributed by atoms with Gasteiger partial charge in [-0.05, 0) is 50.3 Å². The zero-order valence-electron chi connectivity index (χ0n) is 13.3. The van der Waals surface area contributed by atoms with Crippen LogP contribution in [0.4, 0.5) is 0 Å². The highest BCUT2D eigenvalue weighted by atomic mass is 35.5. The first-order valence-corrected chi connectivity index (χ1v) is 8.63. The van der Waals surface area contributed by atoms with Gasteiger partial charge < -0.3 is 10.0 Å². The Bertz CT molecular complexity index is 609. The number of aliphatic carboxylic acids is 1. The lowest BCUT2D eigenvalue weighted by molar-refractivity contribution is -0.153. The van der Waals surface area contributed by atoms with E-state index in [9.17, 15) is 14.7 Å². The van der Waals surface area contributed by atoms with Gasteiger partial charge in [0.05, 0.1) is 11.3 Å². The molecule has 5 heteroatoms. The van der Waals surface area contributed by atoms with Crippen molar-refractivity contribution in [2.24, 2.45) is 5.92 Å². The molecule has 0 spiro atoms. The fourth-order valence-corrected chi connectivity index (χ4v) is 4.09. The molecule has 0 radical (unpaired) electrons. The van der Waals surface area contributed by atoms with E-state index in [0.29, 0.717) is 18.0 Å². The largest absolute Gasteiger partial charge is 0.481 e. The molecule has 0 bridgehead atoms. The van der Waals surface area contributed by atoms with Gasteiger partial charge in [0.2, 0.25) is 5.91 Å². The average molecular weight is 336 g/mol. The van der Waals surface area contributed by atoms with E-state index < -0.39 is 17.3 Å². The Morgan fingerprint density at radius 1 is 1.22 bits per heavy atom. The van der Waals surface area contributed by atoms with Gasteiger partial charge in [-0.25, -0.2) is 0 Å². The van der Waals surface area contributed by atoms with Crippen molar-refractivity contribution in [3.63, 3.8) is 0 Å². The third-order valence-electron chi connectivity index (χ3n) is 5.58. The second-order valence-corrected chi connectivity index (χ2v) is 7.21. The number of amides is 1. The predicted octanol–water partition coefficient (Wildman–Crippen LogP) is 3.47. The van der Waals surface area contributed by atoms with Gasteiger partial charge in [-0.1, -0.05) is 30.2 Å². The van der Waals surface area contributed by atoms with E-state index in [1.54, 1.807) is 4.90 Å². The molecular weight excluding hydrogens is 314 g/mol. The quantitative estimate of drug-likeness (QED) is 0.920. The molecule has 1 heterocycles. The average Bonchev–Trinajstić information content (AvgIpc) is 2.47. The lowest BCUT2D eigenvalue weighted by Gasteiger charge is -2.48. The Morgan fingerprint density at radius 2 is 1.87 bits per heavy atom. The first kappa shape index (κ1) is 16.3. The number of carboxylic acid groups (broad SMARTS) is 1. The first-order chi connectivity index (χ1) is 11.0.